The van der Waals surface area contributed by atoms with Gasteiger partial charge in [-0.05, 0) is 59.5 Å². The number of aryl methyl sites for hydroxylation is 1. The Hall–Kier alpha value is -2.04. The largest absolute Gasteiger partial charge is 0.325 e. The molecule has 0 saturated carbocycles. The van der Waals surface area contributed by atoms with Crippen molar-refractivity contribution in [2.75, 3.05) is 18.4 Å². The Morgan fingerprint density at radius 3 is 2.79 bits per heavy atom. The standard InChI is InChI=1S/C20H21N3O3S3/c1-13-4-5-14(11-18(13)29(21,25)26)22-19(24)12-23-8-6-16-15(7-10-28-16)20(23)17-3-2-9-27-17/h2-5,7,9-11,20H,6,8,12H2,1H3,(H,22,24)(H2,21,25,26). The second-order valence-electron chi connectivity index (χ2n) is 7.01. The molecule has 1 aliphatic rings. The topological polar surface area (TPSA) is 92.5 Å². The number of sulfonamides is 1. The summed E-state index contributed by atoms with van der Waals surface area (Å²) in [6.45, 7) is 2.68. The van der Waals surface area contributed by atoms with Crippen molar-refractivity contribution in [2.24, 2.45) is 5.14 Å². The van der Waals surface area contributed by atoms with Gasteiger partial charge in [0, 0.05) is 22.0 Å². The van der Waals surface area contributed by atoms with Gasteiger partial charge in [-0.15, -0.1) is 22.7 Å². The first-order valence-electron chi connectivity index (χ1n) is 9.10. The Morgan fingerprint density at radius 2 is 2.07 bits per heavy atom. The molecule has 3 aromatic rings. The number of amides is 1. The van der Waals surface area contributed by atoms with E-state index in [1.54, 1.807) is 41.7 Å². The van der Waals surface area contributed by atoms with Crippen LogP contribution in [0.4, 0.5) is 5.69 Å². The van der Waals surface area contributed by atoms with Gasteiger partial charge < -0.3 is 5.32 Å². The molecule has 152 valence electrons. The Kier molecular flexibility index (Phi) is 5.58. The molecule has 0 fully saturated rings. The fourth-order valence-corrected chi connectivity index (χ4v) is 6.28. The molecule has 0 spiro atoms. The lowest BCUT2D eigenvalue weighted by Gasteiger charge is -2.34. The molecular weight excluding hydrogens is 426 g/mol. The molecule has 6 nitrogen and oxygen atoms in total. The van der Waals surface area contributed by atoms with Gasteiger partial charge in [0.2, 0.25) is 15.9 Å². The van der Waals surface area contributed by atoms with Crippen LogP contribution in [0, 0.1) is 6.92 Å². The summed E-state index contributed by atoms with van der Waals surface area (Å²) in [4.78, 5) is 17.5. The van der Waals surface area contributed by atoms with Crippen LogP contribution in [0.15, 0.2) is 52.1 Å². The minimum atomic E-state index is -3.84. The Balaban J connectivity index is 1.54. The van der Waals surface area contributed by atoms with Crippen molar-refractivity contribution in [3.05, 3.63) is 68.0 Å². The van der Waals surface area contributed by atoms with Crippen molar-refractivity contribution in [1.29, 1.82) is 0 Å². The van der Waals surface area contributed by atoms with E-state index in [1.165, 1.54) is 21.4 Å². The number of primary sulfonamides is 1. The third-order valence-electron chi connectivity index (χ3n) is 5.00. The highest BCUT2D eigenvalue weighted by molar-refractivity contribution is 7.89. The highest BCUT2D eigenvalue weighted by atomic mass is 32.2. The minimum Gasteiger partial charge on any atom is -0.325 e. The number of carbonyl (C=O) groups is 1. The van der Waals surface area contributed by atoms with Crippen LogP contribution < -0.4 is 10.5 Å². The number of thiophene rings is 2. The monoisotopic (exact) mass is 447 g/mol. The summed E-state index contributed by atoms with van der Waals surface area (Å²) < 4.78 is 23.5. The molecule has 0 saturated heterocycles. The fourth-order valence-electron chi connectivity index (χ4n) is 3.69. The molecule has 3 N–H and O–H groups in total. The van der Waals surface area contributed by atoms with Gasteiger partial charge in [0.15, 0.2) is 0 Å². The zero-order valence-electron chi connectivity index (χ0n) is 15.8. The minimum absolute atomic E-state index is 0.0210. The van der Waals surface area contributed by atoms with Crippen LogP contribution in [0.3, 0.4) is 0 Å². The maximum absolute atomic E-state index is 12.8. The van der Waals surface area contributed by atoms with Gasteiger partial charge in [-0.2, -0.15) is 0 Å². The van der Waals surface area contributed by atoms with Crippen molar-refractivity contribution in [1.82, 2.24) is 4.90 Å². The number of nitrogens with zero attached hydrogens (tertiary/aromatic N) is 1. The van der Waals surface area contributed by atoms with Gasteiger partial charge in [0.1, 0.15) is 0 Å². The molecule has 0 radical (unpaired) electrons. The smallest absolute Gasteiger partial charge is 0.238 e. The SMILES string of the molecule is Cc1ccc(NC(=O)CN2CCc3sccc3C2c2cccs2)cc1S(N)(=O)=O. The van der Waals surface area contributed by atoms with E-state index in [1.807, 2.05) is 6.07 Å². The summed E-state index contributed by atoms with van der Waals surface area (Å²) >= 11 is 3.45. The highest BCUT2D eigenvalue weighted by Gasteiger charge is 2.31. The van der Waals surface area contributed by atoms with Crippen molar-refractivity contribution < 1.29 is 13.2 Å². The van der Waals surface area contributed by atoms with Crippen molar-refractivity contribution >= 4 is 44.3 Å². The predicted molar refractivity (Wildman–Crippen MR) is 117 cm³/mol. The van der Waals surface area contributed by atoms with Crippen LogP contribution in [-0.4, -0.2) is 32.3 Å². The van der Waals surface area contributed by atoms with Gasteiger partial charge in [-0.1, -0.05) is 12.1 Å². The summed E-state index contributed by atoms with van der Waals surface area (Å²) in [7, 11) is -3.84. The first-order chi connectivity index (χ1) is 13.8. The van der Waals surface area contributed by atoms with Crippen LogP contribution >= 0.6 is 22.7 Å². The summed E-state index contributed by atoms with van der Waals surface area (Å²) in [6, 6.07) is 11.1. The molecule has 1 atom stereocenters. The number of rotatable bonds is 5. The first kappa shape index (κ1) is 20.2. The molecule has 0 bridgehead atoms. The van der Waals surface area contributed by atoms with Crippen molar-refractivity contribution in [3.8, 4) is 0 Å². The van der Waals surface area contributed by atoms with E-state index in [0.29, 0.717) is 11.3 Å². The lowest BCUT2D eigenvalue weighted by Crippen LogP contribution is -2.40. The number of benzene rings is 1. The summed E-state index contributed by atoms with van der Waals surface area (Å²) in [6.07, 6.45) is 0.919. The third kappa shape index (κ3) is 4.29. The van der Waals surface area contributed by atoms with Crippen molar-refractivity contribution in [3.63, 3.8) is 0 Å². The maximum atomic E-state index is 12.8. The summed E-state index contributed by atoms with van der Waals surface area (Å²) in [5.41, 5.74) is 2.23. The van der Waals surface area contributed by atoms with Gasteiger partial charge >= 0.3 is 0 Å². The number of carbonyl (C=O) groups excluding carboxylic acids is 1. The van der Waals surface area contributed by atoms with E-state index in [9.17, 15) is 13.2 Å². The quantitative estimate of drug-likeness (QED) is 0.627. The molecule has 1 amide bonds. The maximum Gasteiger partial charge on any atom is 0.238 e. The van der Waals surface area contributed by atoms with Crippen molar-refractivity contribution in [2.45, 2.75) is 24.3 Å². The van der Waals surface area contributed by atoms with Crippen LogP contribution in [0.25, 0.3) is 0 Å². The van der Waals surface area contributed by atoms with E-state index in [4.69, 9.17) is 5.14 Å². The number of hydrogen-bond donors (Lipinski definition) is 2. The average Bonchev–Trinajstić information content (AvgIpc) is 3.33. The van der Waals surface area contributed by atoms with Crippen LogP contribution in [0.1, 0.15) is 26.9 Å². The number of anilines is 1. The normalized spacial score (nSPS) is 17.1. The van der Waals surface area contributed by atoms with E-state index in [-0.39, 0.29) is 23.4 Å². The molecule has 3 heterocycles. The number of hydrogen-bond acceptors (Lipinski definition) is 6. The lowest BCUT2D eigenvalue weighted by molar-refractivity contribution is -0.117. The van der Waals surface area contributed by atoms with E-state index in [0.717, 1.165) is 13.0 Å². The lowest BCUT2D eigenvalue weighted by atomic mass is 9.98. The third-order valence-corrected chi connectivity index (χ3v) is 7.98. The summed E-state index contributed by atoms with van der Waals surface area (Å²) in [5, 5.41) is 12.2. The van der Waals surface area contributed by atoms with Gasteiger partial charge in [-0.3, -0.25) is 9.69 Å². The molecule has 9 heteroatoms. The predicted octanol–water partition coefficient (Wildman–Crippen LogP) is 3.35. The van der Waals surface area contributed by atoms with Gasteiger partial charge in [-0.25, -0.2) is 13.6 Å². The number of nitrogens with one attached hydrogen (secondary N) is 1. The van der Waals surface area contributed by atoms with Crippen LogP contribution in [0.2, 0.25) is 0 Å². The molecule has 4 rings (SSSR count). The molecular formula is C20H21N3O3S3. The molecule has 2 aromatic heterocycles. The first-order valence-corrected chi connectivity index (χ1v) is 12.4. The molecule has 1 aliphatic heterocycles. The van der Waals surface area contributed by atoms with E-state index < -0.39 is 10.0 Å². The van der Waals surface area contributed by atoms with Crippen LogP contribution in [0.5, 0.6) is 0 Å². The van der Waals surface area contributed by atoms with E-state index in [2.05, 4.69) is 33.1 Å². The Bertz CT molecular complexity index is 1140. The van der Waals surface area contributed by atoms with Gasteiger partial charge in [0.05, 0.1) is 17.5 Å². The molecule has 1 unspecified atom stereocenters. The fraction of sp³-hybridized carbons (Fsp3) is 0.250. The second kappa shape index (κ2) is 8.00. The zero-order chi connectivity index (χ0) is 20.6. The molecule has 29 heavy (non-hydrogen) atoms. The van der Waals surface area contributed by atoms with Crippen LogP contribution in [-0.2, 0) is 21.2 Å². The Labute approximate surface area is 178 Å². The zero-order valence-corrected chi connectivity index (χ0v) is 18.2. The number of fused-ring (bicyclic) bond motifs is 1. The second-order valence-corrected chi connectivity index (χ2v) is 10.5. The Morgan fingerprint density at radius 1 is 1.24 bits per heavy atom. The summed E-state index contributed by atoms with van der Waals surface area (Å²) in [5.74, 6) is -0.186. The average molecular weight is 448 g/mol. The van der Waals surface area contributed by atoms with Gasteiger partial charge in [0.25, 0.3) is 0 Å². The number of nitrogens with two attached hydrogens (primary N) is 1. The molecule has 1 aromatic carbocycles. The highest BCUT2D eigenvalue weighted by Crippen LogP contribution is 2.39. The molecule has 0 aliphatic carbocycles. The van der Waals surface area contributed by atoms with E-state index >= 15 is 0 Å².